The zero-order valence-electron chi connectivity index (χ0n) is 14.6. The molecule has 3 rings (SSSR count). The number of nitrogens with zero attached hydrogens (tertiary/aromatic N) is 5. The van der Waals surface area contributed by atoms with E-state index >= 15 is 0 Å². The predicted molar refractivity (Wildman–Crippen MR) is 99.5 cm³/mol. The van der Waals surface area contributed by atoms with Gasteiger partial charge in [0.25, 0.3) is 0 Å². The first-order valence-electron chi connectivity index (χ1n) is 8.54. The molecule has 1 aliphatic rings. The molecule has 1 amide bonds. The van der Waals surface area contributed by atoms with Gasteiger partial charge in [0.05, 0.1) is 17.8 Å². The van der Waals surface area contributed by atoms with Gasteiger partial charge in [-0.2, -0.15) is 4.68 Å². The van der Waals surface area contributed by atoms with Crippen LogP contribution in [-0.2, 0) is 17.9 Å². The zero-order chi connectivity index (χ0) is 19.4. The molecule has 2 aromatic rings. The number of amides is 1. The van der Waals surface area contributed by atoms with E-state index in [2.05, 4.69) is 25.9 Å². The van der Waals surface area contributed by atoms with E-state index in [0.717, 1.165) is 18.7 Å². The van der Waals surface area contributed by atoms with Gasteiger partial charge in [-0.15, -0.1) is 0 Å². The van der Waals surface area contributed by atoms with E-state index in [4.69, 9.17) is 0 Å². The lowest BCUT2D eigenvalue weighted by Crippen LogP contribution is -2.48. The highest BCUT2D eigenvalue weighted by Gasteiger charge is 2.23. The van der Waals surface area contributed by atoms with E-state index in [-0.39, 0.29) is 30.5 Å². The fourth-order valence-electron chi connectivity index (χ4n) is 3.04. The topological polar surface area (TPSA) is 84.5 Å². The van der Waals surface area contributed by atoms with Gasteiger partial charge in [0.2, 0.25) is 5.91 Å². The Bertz CT molecular complexity index is 836. The number of piperazine rings is 1. The zero-order valence-corrected chi connectivity index (χ0v) is 16.1. The van der Waals surface area contributed by atoms with E-state index in [9.17, 15) is 19.3 Å². The number of carbonyl (C=O) groups is 1. The summed E-state index contributed by atoms with van der Waals surface area (Å²) in [6, 6.07) is 6.54. The molecule has 0 radical (unpaired) electrons. The summed E-state index contributed by atoms with van der Waals surface area (Å²) in [7, 11) is 0. The number of carbonyl (C=O) groups excluding carboxylic acids is 1. The number of benzene rings is 1. The van der Waals surface area contributed by atoms with Crippen molar-refractivity contribution < 1.29 is 14.1 Å². The van der Waals surface area contributed by atoms with Gasteiger partial charge in [0, 0.05) is 39.1 Å². The van der Waals surface area contributed by atoms with Crippen molar-refractivity contribution in [3.8, 4) is 0 Å². The number of aryl methyl sites for hydroxylation is 1. The SMILES string of the molecule is O=C(CCn1cc(Br)c([N+](=O)[O-])n1)N1CCN(Cc2cccc(F)c2)CC1. The summed E-state index contributed by atoms with van der Waals surface area (Å²) in [5, 5.41) is 14.7. The van der Waals surface area contributed by atoms with E-state index in [1.807, 2.05) is 6.07 Å². The number of rotatable bonds is 6. The minimum Gasteiger partial charge on any atom is -0.358 e. The van der Waals surface area contributed by atoms with E-state index < -0.39 is 4.92 Å². The molecule has 0 spiro atoms. The summed E-state index contributed by atoms with van der Waals surface area (Å²) in [5.74, 6) is -0.505. The van der Waals surface area contributed by atoms with Gasteiger partial charge < -0.3 is 15.0 Å². The van der Waals surface area contributed by atoms with Crippen molar-refractivity contribution in [2.75, 3.05) is 26.2 Å². The first kappa shape index (κ1) is 19.4. The Balaban J connectivity index is 1.46. The Morgan fingerprint density at radius 3 is 2.67 bits per heavy atom. The molecule has 1 aromatic heterocycles. The van der Waals surface area contributed by atoms with Crippen LogP contribution in [-0.4, -0.2) is 56.6 Å². The standard InChI is InChI=1S/C17H19BrFN5O3/c18-15-12-23(20-17(15)24(26)27)5-4-16(25)22-8-6-21(7-9-22)11-13-2-1-3-14(19)10-13/h1-3,10,12H,4-9,11H2. The van der Waals surface area contributed by atoms with Crippen molar-refractivity contribution in [3.05, 3.63) is 56.4 Å². The minimum absolute atomic E-state index is 0.00492. The number of halogens is 2. The van der Waals surface area contributed by atoms with Gasteiger partial charge in [-0.1, -0.05) is 12.1 Å². The second kappa shape index (κ2) is 8.57. The van der Waals surface area contributed by atoms with Crippen molar-refractivity contribution in [2.45, 2.75) is 19.5 Å². The smallest absolute Gasteiger partial charge is 0.358 e. The molecular formula is C17H19BrFN5O3. The Kier molecular flexibility index (Phi) is 6.17. The van der Waals surface area contributed by atoms with Crippen LogP contribution >= 0.6 is 15.9 Å². The summed E-state index contributed by atoms with van der Waals surface area (Å²) >= 11 is 3.09. The molecule has 0 unspecified atom stereocenters. The third-order valence-electron chi connectivity index (χ3n) is 4.45. The molecule has 2 heterocycles. The van der Waals surface area contributed by atoms with Crippen LogP contribution in [0.2, 0.25) is 0 Å². The van der Waals surface area contributed by atoms with Crippen molar-refractivity contribution in [1.82, 2.24) is 19.6 Å². The molecule has 0 saturated carbocycles. The number of hydrogen-bond acceptors (Lipinski definition) is 5. The molecule has 10 heteroatoms. The minimum atomic E-state index is -0.569. The van der Waals surface area contributed by atoms with E-state index in [1.165, 1.54) is 23.0 Å². The van der Waals surface area contributed by atoms with Crippen molar-refractivity contribution in [3.63, 3.8) is 0 Å². The molecule has 0 atom stereocenters. The third kappa shape index (κ3) is 5.10. The molecule has 8 nitrogen and oxygen atoms in total. The van der Waals surface area contributed by atoms with Crippen LogP contribution in [0.3, 0.4) is 0 Å². The van der Waals surface area contributed by atoms with Crippen LogP contribution in [0, 0.1) is 15.9 Å². The molecule has 0 bridgehead atoms. The van der Waals surface area contributed by atoms with E-state index in [1.54, 1.807) is 11.0 Å². The highest BCUT2D eigenvalue weighted by atomic mass is 79.9. The summed E-state index contributed by atoms with van der Waals surface area (Å²) < 4.78 is 15.0. The number of nitro groups is 1. The fraction of sp³-hybridized carbons (Fsp3) is 0.412. The van der Waals surface area contributed by atoms with Gasteiger partial charge >= 0.3 is 5.82 Å². The Labute approximate surface area is 163 Å². The first-order valence-corrected chi connectivity index (χ1v) is 9.33. The Morgan fingerprint density at radius 2 is 2.04 bits per heavy atom. The number of hydrogen-bond donors (Lipinski definition) is 0. The van der Waals surface area contributed by atoms with Crippen LogP contribution in [0.4, 0.5) is 10.2 Å². The van der Waals surface area contributed by atoms with Crippen LogP contribution in [0.1, 0.15) is 12.0 Å². The maximum absolute atomic E-state index is 13.3. The van der Waals surface area contributed by atoms with Crippen LogP contribution < -0.4 is 0 Å². The highest BCUT2D eigenvalue weighted by Crippen LogP contribution is 2.22. The van der Waals surface area contributed by atoms with Crippen molar-refractivity contribution in [1.29, 1.82) is 0 Å². The summed E-state index contributed by atoms with van der Waals surface area (Å²) in [6.45, 7) is 3.61. The van der Waals surface area contributed by atoms with Gasteiger partial charge in [-0.05, 0) is 38.5 Å². The Morgan fingerprint density at radius 1 is 1.30 bits per heavy atom. The highest BCUT2D eigenvalue weighted by molar-refractivity contribution is 9.10. The third-order valence-corrected chi connectivity index (χ3v) is 5.01. The van der Waals surface area contributed by atoms with Crippen molar-refractivity contribution >= 4 is 27.7 Å². The van der Waals surface area contributed by atoms with Gasteiger partial charge in [-0.3, -0.25) is 9.69 Å². The largest absolute Gasteiger partial charge is 0.404 e. The maximum Gasteiger partial charge on any atom is 0.404 e. The average Bonchev–Trinajstić information content (AvgIpc) is 3.01. The molecule has 0 aliphatic carbocycles. The van der Waals surface area contributed by atoms with Crippen LogP contribution in [0.25, 0.3) is 0 Å². The fourth-order valence-corrected chi connectivity index (χ4v) is 3.50. The molecule has 1 aromatic carbocycles. The molecular weight excluding hydrogens is 421 g/mol. The molecule has 27 heavy (non-hydrogen) atoms. The van der Waals surface area contributed by atoms with Crippen molar-refractivity contribution in [2.24, 2.45) is 0 Å². The lowest BCUT2D eigenvalue weighted by molar-refractivity contribution is -0.390. The molecule has 144 valence electrons. The van der Waals surface area contributed by atoms with Gasteiger partial charge in [-0.25, -0.2) is 4.39 Å². The summed E-state index contributed by atoms with van der Waals surface area (Å²) in [5.41, 5.74) is 0.917. The second-order valence-corrected chi connectivity index (χ2v) is 7.21. The maximum atomic E-state index is 13.3. The molecule has 1 saturated heterocycles. The summed E-state index contributed by atoms with van der Waals surface area (Å²) in [4.78, 5) is 26.6. The van der Waals surface area contributed by atoms with Gasteiger partial charge in [0.1, 0.15) is 10.3 Å². The molecule has 1 aliphatic heterocycles. The first-order chi connectivity index (χ1) is 12.9. The average molecular weight is 440 g/mol. The summed E-state index contributed by atoms with van der Waals surface area (Å²) in [6.07, 6.45) is 1.73. The lowest BCUT2D eigenvalue weighted by atomic mass is 10.2. The lowest BCUT2D eigenvalue weighted by Gasteiger charge is -2.34. The van der Waals surface area contributed by atoms with E-state index in [0.29, 0.717) is 24.1 Å². The predicted octanol–water partition coefficient (Wildman–Crippen LogP) is 2.43. The van der Waals surface area contributed by atoms with Crippen LogP contribution in [0.15, 0.2) is 34.9 Å². The number of aromatic nitrogens is 2. The second-order valence-electron chi connectivity index (χ2n) is 6.36. The van der Waals surface area contributed by atoms with Crippen LogP contribution in [0.5, 0.6) is 0 Å². The quantitative estimate of drug-likeness (QED) is 0.509. The molecule has 1 fully saturated rings. The molecule has 0 N–H and O–H groups in total. The van der Waals surface area contributed by atoms with Gasteiger partial charge in [0.15, 0.2) is 0 Å². The monoisotopic (exact) mass is 439 g/mol. The normalized spacial score (nSPS) is 15.1. The Hall–Kier alpha value is -2.33.